The molecule has 0 unspecified atom stereocenters. The van der Waals surface area contributed by atoms with E-state index in [1.807, 2.05) is 0 Å². The number of benzene rings is 1. The maximum Gasteiger partial charge on any atom is 0.374 e. The molecule has 2 heterocycles. The molecule has 0 aliphatic carbocycles. The first-order valence-corrected chi connectivity index (χ1v) is 7.16. The quantitative estimate of drug-likeness (QED) is 0.712. The summed E-state index contributed by atoms with van der Waals surface area (Å²) in [5, 5.41) is 7.06. The van der Waals surface area contributed by atoms with Gasteiger partial charge < -0.3 is 14.5 Å². The standard InChI is InChI=1S/C15H11ClN4O4/c16-10-3-4-12(20-9-17-8-18-20)11(6-10)19-14(21)7-24-15(22)13-2-1-5-23-13/h1-6,8-9H,7H2,(H,19,21). The van der Waals surface area contributed by atoms with Crippen molar-refractivity contribution in [3.63, 3.8) is 0 Å². The van der Waals surface area contributed by atoms with Crippen LogP contribution in [0.15, 0.2) is 53.7 Å². The van der Waals surface area contributed by atoms with Crippen LogP contribution in [0, 0.1) is 0 Å². The number of carbonyl (C=O) groups is 2. The molecule has 3 aromatic rings. The Balaban J connectivity index is 1.68. The maximum absolute atomic E-state index is 12.0. The lowest BCUT2D eigenvalue weighted by molar-refractivity contribution is -0.119. The first-order chi connectivity index (χ1) is 11.6. The third kappa shape index (κ3) is 3.61. The average Bonchev–Trinajstić information content (AvgIpc) is 3.26. The number of hydrogen-bond donors (Lipinski definition) is 1. The highest BCUT2D eigenvalue weighted by molar-refractivity contribution is 6.31. The molecule has 0 aliphatic heterocycles. The molecule has 1 aromatic carbocycles. The minimum Gasteiger partial charge on any atom is -0.457 e. The molecule has 1 N–H and O–H groups in total. The van der Waals surface area contributed by atoms with Gasteiger partial charge in [-0.15, -0.1) is 0 Å². The van der Waals surface area contributed by atoms with Gasteiger partial charge in [0.05, 0.1) is 17.6 Å². The summed E-state index contributed by atoms with van der Waals surface area (Å²) < 4.78 is 11.2. The van der Waals surface area contributed by atoms with E-state index in [9.17, 15) is 9.59 Å². The Morgan fingerprint density at radius 2 is 2.21 bits per heavy atom. The lowest BCUT2D eigenvalue weighted by Gasteiger charge is -2.11. The summed E-state index contributed by atoms with van der Waals surface area (Å²) in [4.78, 5) is 27.5. The Morgan fingerprint density at radius 1 is 1.33 bits per heavy atom. The first-order valence-electron chi connectivity index (χ1n) is 6.78. The van der Waals surface area contributed by atoms with Crippen LogP contribution in [0.1, 0.15) is 10.6 Å². The van der Waals surface area contributed by atoms with E-state index in [-0.39, 0.29) is 5.76 Å². The van der Waals surface area contributed by atoms with Gasteiger partial charge in [0.2, 0.25) is 5.76 Å². The second-order valence-corrected chi connectivity index (χ2v) is 5.04. The van der Waals surface area contributed by atoms with E-state index in [0.29, 0.717) is 16.4 Å². The Labute approximate surface area is 141 Å². The van der Waals surface area contributed by atoms with E-state index in [1.165, 1.54) is 29.7 Å². The first kappa shape index (κ1) is 15.8. The minimum absolute atomic E-state index is 0.0221. The van der Waals surface area contributed by atoms with Crippen molar-refractivity contribution >= 4 is 29.2 Å². The van der Waals surface area contributed by atoms with Gasteiger partial charge in [0, 0.05) is 5.02 Å². The molecule has 0 radical (unpaired) electrons. The van der Waals surface area contributed by atoms with Crippen LogP contribution >= 0.6 is 11.6 Å². The SMILES string of the molecule is O=C(COC(=O)c1ccco1)Nc1cc(Cl)ccc1-n1cncn1. The molecule has 0 spiro atoms. The third-order valence-electron chi connectivity index (χ3n) is 2.95. The molecule has 0 bridgehead atoms. The number of ether oxygens (including phenoxy) is 1. The zero-order valence-electron chi connectivity index (χ0n) is 12.2. The highest BCUT2D eigenvalue weighted by Crippen LogP contribution is 2.23. The van der Waals surface area contributed by atoms with Crippen molar-refractivity contribution < 1.29 is 18.7 Å². The fourth-order valence-corrected chi connectivity index (χ4v) is 2.10. The summed E-state index contributed by atoms with van der Waals surface area (Å²) in [6.45, 7) is -0.469. The highest BCUT2D eigenvalue weighted by atomic mass is 35.5. The number of rotatable bonds is 5. The molecular formula is C15H11ClN4O4. The number of amides is 1. The van der Waals surface area contributed by atoms with Crippen LogP contribution in [0.3, 0.4) is 0 Å². The van der Waals surface area contributed by atoms with E-state index in [0.717, 1.165) is 0 Å². The van der Waals surface area contributed by atoms with Crippen molar-refractivity contribution in [2.24, 2.45) is 0 Å². The zero-order chi connectivity index (χ0) is 16.9. The second-order valence-electron chi connectivity index (χ2n) is 4.60. The number of hydrogen-bond acceptors (Lipinski definition) is 6. The summed E-state index contributed by atoms with van der Waals surface area (Å²) in [5.41, 5.74) is 0.981. The molecule has 0 saturated carbocycles. The van der Waals surface area contributed by atoms with Crippen molar-refractivity contribution in [2.75, 3.05) is 11.9 Å². The van der Waals surface area contributed by atoms with Crippen molar-refractivity contribution in [3.05, 3.63) is 60.0 Å². The summed E-state index contributed by atoms with van der Waals surface area (Å²) >= 11 is 5.96. The van der Waals surface area contributed by atoms with Crippen LogP contribution in [0.2, 0.25) is 5.02 Å². The van der Waals surface area contributed by atoms with E-state index in [4.69, 9.17) is 20.8 Å². The summed E-state index contributed by atoms with van der Waals surface area (Å²) in [6, 6.07) is 7.89. The maximum atomic E-state index is 12.0. The average molecular weight is 347 g/mol. The summed E-state index contributed by atoms with van der Waals surface area (Å²) in [5.74, 6) is -1.23. The fourth-order valence-electron chi connectivity index (χ4n) is 1.92. The number of halogens is 1. The fraction of sp³-hybridized carbons (Fsp3) is 0.0667. The molecule has 9 heteroatoms. The molecule has 24 heavy (non-hydrogen) atoms. The van der Waals surface area contributed by atoms with Crippen molar-refractivity contribution in [2.45, 2.75) is 0 Å². The smallest absolute Gasteiger partial charge is 0.374 e. The van der Waals surface area contributed by atoms with Gasteiger partial charge in [-0.1, -0.05) is 11.6 Å². The van der Waals surface area contributed by atoms with Crippen LogP contribution in [-0.2, 0) is 9.53 Å². The van der Waals surface area contributed by atoms with Gasteiger partial charge in [0.1, 0.15) is 12.7 Å². The highest BCUT2D eigenvalue weighted by Gasteiger charge is 2.14. The molecule has 0 atom stereocenters. The Morgan fingerprint density at radius 3 is 2.92 bits per heavy atom. The van der Waals surface area contributed by atoms with Crippen LogP contribution in [0.25, 0.3) is 5.69 Å². The van der Waals surface area contributed by atoms with Crippen molar-refractivity contribution in [1.82, 2.24) is 14.8 Å². The van der Waals surface area contributed by atoms with Crippen LogP contribution in [0.5, 0.6) is 0 Å². The number of furan rings is 1. The lowest BCUT2D eigenvalue weighted by Crippen LogP contribution is -2.21. The third-order valence-corrected chi connectivity index (χ3v) is 3.19. The van der Waals surface area contributed by atoms with Gasteiger partial charge in [0.15, 0.2) is 6.61 Å². The van der Waals surface area contributed by atoms with Gasteiger partial charge in [-0.25, -0.2) is 14.5 Å². The van der Waals surface area contributed by atoms with Gasteiger partial charge in [-0.2, -0.15) is 5.10 Å². The Hall–Kier alpha value is -3.13. The van der Waals surface area contributed by atoms with Crippen molar-refractivity contribution in [3.8, 4) is 5.69 Å². The molecule has 8 nitrogen and oxygen atoms in total. The number of esters is 1. The van der Waals surface area contributed by atoms with Crippen LogP contribution in [-0.4, -0.2) is 33.2 Å². The normalized spacial score (nSPS) is 10.4. The van der Waals surface area contributed by atoms with E-state index < -0.39 is 18.5 Å². The predicted molar refractivity (Wildman–Crippen MR) is 84.0 cm³/mol. The Bertz CT molecular complexity index is 847. The van der Waals surface area contributed by atoms with Crippen LogP contribution < -0.4 is 5.32 Å². The van der Waals surface area contributed by atoms with Gasteiger partial charge in [-0.05, 0) is 30.3 Å². The topological polar surface area (TPSA) is 99.2 Å². The minimum atomic E-state index is -0.724. The number of anilines is 1. The molecular weight excluding hydrogens is 336 g/mol. The van der Waals surface area contributed by atoms with Crippen LogP contribution in [0.4, 0.5) is 5.69 Å². The molecule has 0 saturated heterocycles. The van der Waals surface area contributed by atoms with E-state index in [2.05, 4.69) is 15.4 Å². The number of carbonyl (C=O) groups excluding carboxylic acids is 2. The van der Waals surface area contributed by atoms with E-state index in [1.54, 1.807) is 24.3 Å². The van der Waals surface area contributed by atoms with Crippen molar-refractivity contribution in [1.29, 1.82) is 0 Å². The molecule has 3 rings (SSSR count). The molecule has 2 aromatic heterocycles. The Kier molecular flexibility index (Phi) is 4.57. The zero-order valence-corrected chi connectivity index (χ0v) is 12.9. The van der Waals surface area contributed by atoms with E-state index >= 15 is 0 Å². The molecule has 0 fully saturated rings. The lowest BCUT2D eigenvalue weighted by atomic mass is 10.2. The second kappa shape index (κ2) is 6.97. The molecule has 0 aliphatic rings. The van der Waals surface area contributed by atoms with Gasteiger partial charge in [-0.3, -0.25) is 4.79 Å². The van der Waals surface area contributed by atoms with Gasteiger partial charge >= 0.3 is 5.97 Å². The summed E-state index contributed by atoms with van der Waals surface area (Å²) in [6.07, 6.45) is 4.19. The number of nitrogens with one attached hydrogen (secondary N) is 1. The summed E-state index contributed by atoms with van der Waals surface area (Å²) in [7, 11) is 0. The predicted octanol–water partition coefficient (Wildman–Crippen LogP) is 2.31. The monoisotopic (exact) mass is 346 g/mol. The molecule has 122 valence electrons. The number of nitrogens with zero attached hydrogens (tertiary/aromatic N) is 3. The molecule has 1 amide bonds. The van der Waals surface area contributed by atoms with Gasteiger partial charge in [0.25, 0.3) is 5.91 Å². The number of aromatic nitrogens is 3. The largest absolute Gasteiger partial charge is 0.457 e.